The van der Waals surface area contributed by atoms with Crippen molar-refractivity contribution in [2.24, 2.45) is 11.8 Å². The molecule has 3 saturated heterocycles. The van der Waals surface area contributed by atoms with E-state index in [-0.39, 0.29) is 52.1 Å². The fraction of sp³-hybridized carbons (Fsp3) is 0.339. The van der Waals surface area contributed by atoms with Crippen molar-refractivity contribution in [3.63, 3.8) is 0 Å². The largest absolute Gasteiger partial charge is 0.465 e. The average Bonchev–Trinajstić information content (AvgIpc) is 1.81. The van der Waals surface area contributed by atoms with E-state index in [9.17, 15) is 19.2 Å². The van der Waals surface area contributed by atoms with Crippen LogP contribution in [-0.2, 0) is 36.6 Å². The molecule has 2 saturated carbocycles. The van der Waals surface area contributed by atoms with Gasteiger partial charge in [0.1, 0.15) is 22.7 Å². The van der Waals surface area contributed by atoms with Crippen molar-refractivity contribution in [3.05, 3.63) is 186 Å². The maximum Gasteiger partial charge on any atom is 0.337 e. The summed E-state index contributed by atoms with van der Waals surface area (Å²) >= 11 is 25.4. The first-order valence-electron chi connectivity index (χ1n) is 27.5. The highest BCUT2D eigenvalue weighted by Crippen LogP contribution is 2.65. The highest BCUT2D eigenvalue weighted by atomic mass is 35.5. The lowest BCUT2D eigenvalue weighted by Crippen LogP contribution is -2.53. The Morgan fingerprint density at radius 1 is 0.671 bits per heavy atom. The number of nitrogens with two attached hydrogens (primary N) is 1. The smallest absolute Gasteiger partial charge is 0.337 e. The molecule has 9 atom stereocenters. The van der Waals surface area contributed by atoms with Gasteiger partial charge in [-0.15, -0.1) is 0 Å². The number of carbonyl (C=O) groups is 4. The maximum atomic E-state index is 16.1. The number of aromatic nitrogens is 2. The molecule has 82 heavy (non-hydrogen) atoms. The Bertz CT molecular complexity index is 3900. The van der Waals surface area contributed by atoms with Crippen molar-refractivity contribution < 1.29 is 37.4 Å². The van der Waals surface area contributed by atoms with E-state index >= 15 is 8.78 Å². The number of nitrogen functional groups attached to an aromatic ring is 1. The number of esters is 2. The molecule has 1 aromatic heterocycles. The fourth-order valence-electron chi connectivity index (χ4n) is 15.0. The number of hydrogen-bond donors (Lipinski definition) is 4. The van der Waals surface area contributed by atoms with Crippen molar-refractivity contribution in [1.29, 1.82) is 0 Å². The van der Waals surface area contributed by atoms with Gasteiger partial charge >= 0.3 is 11.9 Å². The van der Waals surface area contributed by atoms with Crippen LogP contribution in [0.4, 0.5) is 25.8 Å². The molecule has 7 aromatic rings. The summed E-state index contributed by atoms with van der Waals surface area (Å²) in [4.78, 5) is 57.6. The summed E-state index contributed by atoms with van der Waals surface area (Å²) in [7, 11) is 2.68. The van der Waals surface area contributed by atoms with Crippen LogP contribution < -0.4 is 21.7 Å². The molecular formula is C62H54Cl4F2N8O6. The number of ether oxygens (including phenoxy) is 2. The van der Waals surface area contributed by atoms with E-state index in [1.807, 2.05) is 28.9 Å². The van der Waals surface area contributed by atoms with Crippen molar-refractivity contribution in [1.82, 2.24) is 24.9 Å². The summed E-state index contributed by atoms with van der Waals surface area (Å²) in [6, 6.07) is 30.4. The number of likely N-dealkylation sites (tertiary alicyclic amines) is 2. The van der Waals surface area contributed by atoms with Gasteiger partial charge in [0.2, 0.25) is 11.8 Å². The van der Waals surface area contributed by atoms with Crippen LogP contribution in [0.15, 0.2) is 109 Å². The SMILES string of the molecule is COC(=O)c1ccc(C2C[C@H]3[C@@H](N2)[C@H](c2cccc(Cl)c2F)[C@]2(C(=O)Nc4cc(Cl)ccc42)N3CC2CC2)c(N)c1.COC(=O)c1ccc2c3n(nc2c1)[C@@H]1[C@H](C3)N(CC2CC2)[C@@]2(C(=O)Nc3cc(Cl)ccc32)[C@H]1c1cccc(Cl)c1F. The maximum absolute atomic E-state index is 16.1. The van der Waals surface area contributed by atoms with Gasteiger partial charge in [0, 0.05) is 105 Å². The summed E-state index contributed by atoms with van der Waals surface area (Å²) < 4.78 is 43.8. The van der Waals surface area contributed by atoms with Crippen molar-refractivity contribution >= 4 is 98.1 Å². The van der Waals surface area contributed by atoms with E-state index in [1.165, 1.54) is 26.4 Å². The van der Waals surface area contributed by atoms with Crippen LogP contribution in [-0.4, -0.2) is 88.8 Å². The zero-order chi connectivity index (χ0) is 56.8. The second-order valence-corrected chi connectivity index (χ2v) is 24.7. The van der Waals surface area contributed by atoms with Crippen molar-refractivity contribution in [2.45, 2.75) is 91.6 Å². The second kappa shape index (κ2) is 19.8. The third kappa shape index (κ3) is 7.99. The molecule has 5 fully saturated rings. The van der Waals surface area contributed by atoms with Gasteiger partial charge in [-0.3, -0.25) is 24.1 Å². The summed E-state index contributed by atoms with van der Waals surface area (Å²) in [6.45, 7) is 1.42. The van der Waals surface area contributed by atoms with E-state index in [4.69, 9.17) is 66.7 Å². The number of methoxy groups -OCH3 is 2. The standard InChI is InChI=1S/C31H25Cl2FN4O3.C31H29Cl2FN4O3/c1-41-29(39)16-7-9-18-22(11-16)36-38-24(18)13-25-28(38)26(19-3-2-4-21(33)27(19)34)31(37(25)14-15-5-6-15)20-10-8-17(32)12-23(20)35-30(31)40;1-41-29(39)16-7-9-18(22(35)11-16)23-13-25-28(36-23)26(19-3-2-4-21(33)27(19)34)31(38(25)14-15-5-6-15)20-10-8-17(32)12-24(20)37-30(31)40/h2-4,7-12,15,25-26,28H,5-6,13-14H2,1H3,(H,35,40);2-4,7-12,15,23,25-26,28,36H,5-6,13-14,35H2,1H3,(H,37,40)/t25-,26-,28+,31+;23?,25-,26-,28+,31+/m00/s1. The van der Waals surface area contributed by atoms with E-state index < -0.39 is 46.5 Å². The molecule has 0 bridgehead atoms. The first-order chi connectivity index (χ1) is 39.6. The van der Waals surface area contributed by atoms with Crippen LogP contribution in [0.5, 0.6) is 0 Å². The molecule has 5 N–H and O–H groups in total. The lowest BCUT2D eigenvalue weighted by molar-refractivity contribution is -0.128. The van der Waals surface area contributed by atoms with E-state index in [2.05, 4.69) is 25.8 Å². The molecule has 7 heterocycles. The van der Waals surface area contributed by atoms with Crippen LogP contribution in [0, 0.1) is 23.5 Å². The molecule has 2 amide bonds. The summed E-state index contributed by atoms with van der Waals surface area (Å²) in [5.41, 5.74) is 11.5. The molecule has 20 heteroatoms. The van der Waals surface area contributed by atoms with E-state index in [0.29, 0.717) is 92.6 Å². The number of nitrogens with zero attached hydrogens (tertiary/aromatic N) is 4. The number of benzene rings is 6. The first-order valence-corrected chi connectivity index (χ1v) is 29.0. The molecule has 8 aliphatic rings. The quantitative estimate of drug-likeness (QED) is 0.0800. The molecule has 2 spiro atoms. The van der Waals surface area contributed by atoms with Gasteiger partial charge in [0.05, 0.1) is 47.0 Å². The number of rotatable bonds is 9. The third-order valence-electron chi connectivity index (χ3n) is 18.7. The molecule has 0 radical (unpaired) electrons. The highest BCUT2D eigenvalue weighted by molar-refractivity contribution is 6.32. The number of nitrogens with one attached hydrogen (secondary N) is 3. The number of anilines is 3. The summed E-state index contributed by atoms with van der Waals surface area (Å²) in [5.74, 6) is -2.63. The molecule has 15 rings (SSSR count). The fourth-order valence-corrected chi connectivity index (χ4v) is 15.7. The normalized spacial score (nSPS) is 27.4. The predicted molar refractivity (Wildman–Crippen MR) is 309 cm³/mol. The molecule has 14 nitrogen and oxygen atoms in total. The molecular weight excluding hydrogens is 1130 g/mol. The Morgan fingerprint density at radius 3 is 1.77 bits per heavy atom. The van der Waals surface area contributed by atoms with Crippen molar-refractivity contribution in [2.75, 3.05) is 43.7 Å². The Hall–Kier alpha value is -6.63. The topological polar surface area (TPSA) is 173 Å². The van der Waals surface area contributed by atoms with Crippen LogP contribution in [0.3, 0.4) is 0 Å². The number of fused-ring (bicyclic) bond motifs is 10. The minimum atomic E-state index is -1.18. The lowest BCUT2D eigenvalue weighted by Gasteiger charge is -2.41. The molecule has 6 aliphatic heterocycles. The summed E-state index contributed by atoms with van der Waals surface area (Å²) in [5, 5.41) is 16.9. The third-order valence-corrected chi connectivity index (χ3v) is 19.7. The van der Waals surface area contributed by atoms with Gasteiger partial charge in [-0.25, -0.2) is 18.4 Å². The number of hydrogen-bond acceptors (Lipinski definition) is 11. The van der Waals surface area contributed by atoms with Gasteiger partial charge in [-0.1, -0.05) is 94.9 Å². The van der Waals surface area contributed by atoms with E-state index in [0.717, 1.165) is 53.5 Å². The van der Waals surface area contributed by atoms with Gasteiger partial charge in [-0.05, 0) is 121 Å². The van der Waals surface area contributed by atoms with Crippen LogP contribution >= 0.6 is 46.4 Å². The van der Waals surface area contributed by atoms with Gasteiger partial charge in [0.15, 0.2) is 0 Å². The molecule has 420 valence electrons. The Kier molecular flexibility index (Phi) is 12.9. The minimum absolute atomic E-state index is 0.0103. The molecule has 2 aliphatic carbocycles. The predicted octanol–water partition coefficient (Wildman–Crippen LogP) is 11.7. The minimum Gasteiger partial charge on any atom is -0.465 e. The van der Waals surface area contributed by atoms with Gasteiger partial charge in [0.25, 0.3) is 0 Å². The number of amides is 2. The Morgan fingerprint density at radius 2 is 1.21 bits per heavy atom. The van der Waals surface area contributed by atoms with Crippen molar-refractivity contribution in [3.8, 4) is 0 Å². The second-order valence-electron chi connectivity index (χ2n) is 23.0. The zero-order valence-corrected chi connectivity index (χ0v) is 47.4. The van der Waals surface area contributed by atoms with E-state index in [1.54, 1.807) is 72.8 Å². The number of carbonyl (C=O) groups excluding carboxylic acids is 4. The lowest BCUT2D eigenvalue weighted by atomic mass is 9.73. The zero-order valence-electron chi connectivity index (χ0n) is 44.3. The monoisotopic (exact) mass is 1180 g/mol. The van der Waals surface area contributed by atoms with Crippen LogP contribution in [0.2, 0.25) is 20.1 Å². The summed E-state index contributed by atoms with van der Waals surface area (Å²) in [6.07, 6.45) is 5.65. The molecule has 6 aromatic carbocycles. The van der Waals surface area contributed by atoms with Gasteiger partial charge in [-0.2, -0.15) is 5.10 Å². The highest BCUT2D eigenvalue weighted by Gasteiger charge is 2.71. The molecule has 1 unspecified atom stereocenters. The average molecular weight is 1190 g/mol. The van der Waals surface area contributed by atoms with Gasteiger partial charge < -0.3 is 31.2 Å². The van der Waals surface area contributed by atoms with Crippen LogP contribution in [0.25, 0.3) is 10.9 Å². The number of halogens is 6. The Labute approximate surface area is 490 Å². The first kappa shape index (κ1) is 53.4. The van der Waals surface area contributed by atoms with Crippen LogP contribution in [0.1, 0.15) is 110 Å². The Balaban J connectivity index is 0.000000147.